The highest BCUT2D eigenvalue weighted by Gasteiger charge is 2.06. The van der Waals surface area contributed by atoms with Gasteiger partial charge >= 0.3 is 0 Å². The van der Waals surface area contributed by atoms with E-state index >= 15 is 0 Å². The predicted octanol–water partition coefficient (Wildman–Crippen LogP) is 4.86. The molecule has 2 aromatic carbocycles. The first-order valence-corrected chi connectivity index (χ1v) is 7.90. The first-order chi connectivity index (χ1) is 10.2. The van der Waals surface area contributed by atoms with Gasteiger partial charge in [0, 0.05) is 22.8 Å². The van der Waals surface area contributed by atoms with Gasteiger partial charge < -0.3 is 14.8 Å². The molecule has 0 amide bonds. The highest BCUT2D eigenvalue weighted by atomic mass is 79.9. The van der Waals surface area contributed by atoms with E-state index in [0.717, 1.165) is 28.2 Å². The Labute approximate surface area is 134 Å². The van der Waals surface area contributed by atoms with Gasteiger partial charge in [-0.3, -0.25) is 0 Å². The standard InChI is InChI=1S/C17H20BrNO2/c1-3-20-16-10-9-14(11-17(16)21-4-2)19-12-13-7-5-6-8-15(13)18/h5-11,19H,3-4,12H2,1-2H3. The number of anilines is 1. The van der Waals surface area contributed by atoms with Gasteiger partial charge in [0.25, 0.3) is 0 Å². The van der Waals surface area contributed by atoms with Crippen LogP contribution >= 0.6 is 15.9 Å². The summed E-state index contributed by atoms with van der Waals surface area (Å²) in [4.78, 5) is 0. The molecule has 0 unspecified atom stereocenters. The van der Waals surface area contributed by atoms with Crippen LogP contribution in [0.5, 0.6) is 11.5 Å². The van der Waals surface area contributed by atoms with Gasteiger partial charge in [-0.2, -0.15) is 0 Å². The number of halogens is 1. The molecule has 0 fully saturated rings. The third kappa shape index (κ3) is 4.39. The smallest absolute Gasteiger partial charge is 0.163 e. The second-order valence-corrected chi connectivity index (χ2v) is 5.33. The lowest BCUT2D eigenvalue weighted by molar-refractivity contribution is 0.288. The Kier molecular flexibility index (Phi) is 5.93. The zero-order chi connectivity index (χ0) is 15.1. The minimum Gasteiger partial charge on any atom is -0.490 e. The van der Waals surface area contributed by atoms with Crippen LogP contribution in [0.3, 0.4) is 0 Å². The van der Waals surface area contributed by atoms with Crippen molar-refractivity contribution in [2.45, 2.75) is 20.4 Å². The molecule has 21 heavy (non-hydrogen) atoms. The van der Waals surface area contributed by atoms with Crippen molar-refractivity contribution in [2.75, 3.05) is 18.5 Å². The highest BCUT2D eigenvalue weighted by Crippen LogP contribution is 2.31. The quantitative estimate of drug-likeness (QED) is 0.774. The van der Waals surface area contributed by atoms with Crippen LogP contribution < -0.4 is 14.8 Å². The Hall–Kier alpha value is -1.68. The minimum atomic E-state index is 0.619. The van der Waals surface area contributed by atoms with Crippen molar-refractivity contribution >= 4 is 21.6 Å². The predicted molar refractivity (Wildman–Crippen MR) is 90.2 cm³/mol. The molecule has 0 atom stereocenters. The largest absolute Gasteiger partial charge is 0.490 e. The van der Waals surface area contributed by atoms with Crippen LogP contribution in [0.2, 0.25) is 0 Å². The zero-order valence-electron chi connectivity index (χ0n) is 12.4. The summed E-state index contributed by atoms with van der Waals surface area (Å²) in [6.45, 7) is 5.93. The molecule has 0 heterocycles. The van der Waals surface area contributed by atoms with Gasteiger partial charge in [-0.15, -0.1) is 0 Å². The molecule has 2 rings (SSSR count). The van der Waals surface area contributed by atoms with Crippen LogP contribution in [0, 0.1) is 0 Å². The lowest BCUT2D eigenvalue weighted by Gasteiger charge is -2.14. The second kappa shape index (κ2) is 7.93. The van der Waals surface area contributed by atoms with E-state index in [2.05, 4.69) is 27.3 Å². The van der Waals surface area contributed by atoms with Gasteiger partial charge in [0.2, 0.25) is 0 Å². The third-order valence-corrected chi connectivity index (χ3v) is 3.76. The molecule has 0 spiro atoms. The molecule has 0 saturated carbocycles. The lowest BCUT2D eigenvalue weighted by atomic mass is 10.2. The van der Waals surface area contributed by atoms with Crippen molar-refractivity contribution in [2.24, 2.45) is 0 Å². The maximum atomic E-state index is 5.63. The molecule has 4 heteroatoms. The minimum absolute atomic E-state index is 0.619. The van der Waals surface area contributed by atoms with E-state index in [-0.39, 0.29) is 0 Å². The Balaban J connectivity index is 2.10. The van der Waals surface area contributed by atoms with Crippen molar-refractivity contribution in [3.63, 3.8) is 0 Å². The maximum absolute atomic E-state index is 5.63. The van der Waals surface area contributed by atoms with Crippen LogP contribution in [0.4, 0.5) is 5.69 Å². The molecule has 0 aromatic heterocycles. The van der Waals surface area contributed by atoms with Crippen molar-refractivity contribution in [3.8, 4) is 11.5 Å². The Morgan fingerprint density at radius 1 is 0.952 bits per heavy atom. The molecule has 1 N–H and O–H groups in total. The Bertz CT molecular complexity index is 587. The van der Waals surface area contributed by atoms with Crippen LogP contribution in [0.25, 0.3) is 0 Å². The third-order valence-electron chi connectivity index (χ3n) is 2.98. The average Bonchev–Trinajstić information content (AvgIpc) is 2.49. The lowest BCUT2D eigenvalue weighted by Crippen LogP contribution is -2.02. The zero-order valence-corrected chi connectivity index (χ0v) is 13.9. The number of benzene rings is 2. The summed E-state index contributed by atoms with van der Waals surface area (Å²) >= 11 is 3.56. The summed E-state index contributed by atoms with van der Waals surface area (Å²) in [5.41, 5.74) is 2.22. The number of nitrogens with one attached hydrogen (secondary N) is 1. The highest BCUT2D eigenvalue weighted by molar-refractivity contribution is 9.10. The summed E-state index contributed by atoms with van der Waals surface area (Å²) < 4.78 is 12.3. The fourth-order valence-electron chi connectivity index (χ4n) is 2.00. The molecule has 3 nitrogen and oxygen atoms in total. The van der Waals surface area contributed by atoms with E-state index in [0.29, 0.717) is 13.2 Å². The summed E-state index contributed by atoms with van der Waals surface area (Å²) in [5, 5.41) is 3.40. The van der Waals surface area contributed by atoms with E-state index in [9.17, 15) is 0 Å². The average molecular weight is 350 g/mol. The molecular formula is C17H20BrNO2. The molecule has 112 valence electrons. The fourth-order valence-corrected chi connectivity index (χ4v) is 2.43. The van der Waals surface area contributed by atoms with Gasteiger partial charge in [-0.25, -0.2) is 0 Å². The summed E-state index contributed by atoms with van der Waals surface area (Å²) in [7, 11) is 0. The van der Waals surface area contributed by atoms with Gasteiger partial charge in [0.05, 0.1) is 13.2 Å². The SMILES string of the molecule is CCOc1ccc(NCc2ccccc2Br)cc1OCC. The molecule has 0 aliphatic carbocycles. The number of hydrogen-bond donors (Lipinski definition) is 1. The van der Waals surface area contributed by atoms with E-state index in [1.54, 1.807) is 0 Å². The van der Waals surface area contributed by atoms with Crippen LogP contribution in [-0.2, 0) is 6.54 Å². The van der Waals surface area contributed by atoms with E-state index in [4.69, 9.17) is 9.47 Å². The van der Waals surface area contributed by atoms with Crippen molar-refractivity contribution in [1.29, 1.82) is 0 Å². The monoisotopic (exact) mass is 349 g/mol. The molecule has 0 bridgehead atoms. The molecule has 0 aliphatic heterocycles. The molecule has 0 aliphatic rings. The van der Waals surface area contributed by atoms with Crippen molar-refractivity contribution in [3.05, 3.63) is 52.5 Å². The first-order valence-electron chi connectivity index (χ1n) is 7.11. The van der Waals surface area contributed by atoms with Crippen molar-refractivity contribution in [1.82, 2.24) is 0 Å². The second-order valence-electron chi connectivity index (χ2n) is 4.47. The molecule has 0 saturated heterocycles. The van der Waals surface area contributed by atoms with Crippen molar-refractivity contribution < 1.29 is 9.47 Å². The van der Waals surface area contributed by atoms with Gasteiger partial charge in [-0.1, -0.05) is 34.1 Å². The number of rotatable bonds is 7. The van der Waals surface area contributed by atoms with Gasteiger partial charge in [0.15, 0.2) is 11.5 Å². The van der Waals surface area contributed by atoms with E-state index in [1.807, 2.05) is 50.2 Å². The number of ether oxygens (including phenoxy) is 2. The molecule has 0 radical (unpaired) electrons. The van der Waals surface area contributed by atoms with E-state index < -0.39 is 0 Å². The normalized spacial score (nSPS) is 10.2. The maximum Gasteiger partial charge on any atom is 0.163 e. The van der Waals surface area contributed by atoms with E-state index in [1.165, 1.54) is 5.56 Å². The topological polar surface area (TPSA) is 30.5 Å². The van der Waals surface area contributed by atoms with Crippen LogP contribution in [0.15, 0.2) is 46.9 Å². The van der Waals surface area contributed by atoms with Gasteiger partial charge in [0.1, 0.15) is 0 Å². The Morgan fingerprint density at radius 2 is 1.67 bits per heavy atom. The van der Waals surface area contributed by atoms with Crippen LogP contribution in [0.1, 0.15) is 19.4 Å². The first kappa shape index (κ1) is 15.7. The Morgan fingerprint density at radius 3 is 2.38 bits per heavy atom. The number of hydrogen-bond acceptors (Lipinski definition) is 3. The molecule has 2 aromatic rings. The van der Waals surface area contributed by atoms with Gasteiger partial charge in [-0.05, 0) is 37.6 Å². The molecular weight excluding hydrogens is 330 g/mol. The fraction of sp³-hybridized carbons (Fsp3) is 0.294. The summed E-state index contributed by atoms with van der Waals surface area (Å²) in [6, 6.07) is 14.1. The van der Waals surface area contributed by atoms with Crippen LogP contribution in [-0.4, -0.2) is 13.2 Å². The summed E-state index contributed by atoms with van der Waals surface area (Å²) in [6.07, 6.45) is 0. The summed E-state index contributed by atoms with van der Waals surface area (Å²) in [5.74, 6) is 1.56.